The molecule has 4 nitrogen and oxygen atoms in total. The van der Waals surface area contributed by atoms with E-state index in [1.165, 1.54) is 12.1 Å². The summed E-state index contributed by atoms with van der Waals surface area (Å²) in [4.78, 5) is 13.7. The van der Waals surface area contributed by atoms with Gasteiger partial charge in [0.2, 0.25) is 5.91 Å². The number of benzene rings is 1. The lowest BCUT2D eigenvalue weighted by atomic mass is 10.1. The van der Waals surface area contributed by atoms with E-state index in [1.807, 2.05) is 4.90 Å². The van der Waals surface area contributed by atoms with E-state index in [0.29, 0.717) is 0 Å². The Labute approximate surface area is 105 Å². The van der Waals surface area contributed by atoms with Crippen molar-refractivity contribution in [3.05, 3.63) is 30.1 Å². The van der Waals surface area contributed by atoms with Gasteiger partial charge in [-0.3, -0.25) is 9.69 Å². The highest BCUT2D eigenvalue weighted by atomic mass is 19.1. The molecule has 0 saturated carbocycles. The highest BCUT2D eigenvalue weighted by Crippen LogP contribution is 2.16. The molecule has 1 heterocycles. The number of hydrogen-bond acceptors (Lipinski definition) is 3. The van der Waals surface area contributed by atoms with Gasteiger partial charge in [-0.1, -0.05) is 12.1 Å². The van der Waals surface area contributed by atoms with Gasteiger partial charge in [0.05, 0.1) is 12.2 Å². The first-order valence-electron chi connectivity index (χ1n) is 6.06. The fourth-order valence-electron chi connectivity index (χ4n) is 2.16. The Balaban J connectivity index is 1.84. The number of carbonyl (C=O) groups excluding carboxylic acids is 1. The van der Waals surface area contributed by atoms with E-state index >= 15 is 0 Å². The van der Waals surface area contributed by atoms with Crippen molar-refractivity contribution in [1.29, 1.82) is 0 Å². The van der Waals surface area contributed by atoms with Crippen LogP contribution < -0.4 is 5.32 Å². The summed E-state index contributed by atoms with van der Waals surface area (Å²) in [6.45, 7) is 1.92. The zero-order chi connectivity index (χ0) is 13.0. The van der Waals surface area contributed by atoms with Crippen LogP contribution in [0.5, 0.6) is 0 Å². The molecule has 5 heteroatoms. The minimum atomic E-state index is -0.430. The number of carbonyl (C=O) groups is 1. The zero-order valence-electron chi connectivity index (χ0n) is 10.1. The molecule has 1 fully saturated rings. The predicted octanol–water partition coefficient (Wildman–Crippen LogP) is 1.08. The van der Waals surface area contributed by atoms with Crippen molar-refractivity contribution in [3.63, 3.8) is 0 Å². The van der Waals surface area contributed by atoms with E-state index in [2.05, 4.69) is 5.32 Å². The average molecular weight is 252 g/mol. The van der Waals surface area contributed by atoms with Gasteiger partial charge in [-0.2, -0.15) is 0 Å². The molecule has 98 valence electrons. The van der Waals surface area contributed by atoms with E-state index in [-0.39, 0.29) is 30.7 Å². The van der Waals surface area contributed by atoms with Crippen LogP contribution in [-0.2, 0) is 4.79 Å². The maximum Gasteiger partial charge on any atom is 0.238 e. The normalized spacial score (nSPS) is 20.0. The van der Waals surface area contributed by atoms with Gasteiger partial charge in [0.1, 0.15) is 5.82 Å². The van der Waals surface area contributed by atoms with Gasteiger partial charge in [0.15, 0.2) is 0 Å². The van der Waals surface area contributed by atoms with Crippen molar-refractivity contribution in [2.45, 2.75) is 6.42 Å². The third-order valence-electron chi connectivity index (χ3n) is 3.14. The maximum absolute atomic E-state index is 13.3. The first kappa shape index (κ1) is 13.0. The number of para-hydroxylation sites is 1. The highest BCUT2D eigenvalue weighted by Gasteiger charge is 2.23. The van der Waals surface area contributed by atoms with Gasteiger partial charge in [0, 0.05) is 13.2 Å². The zero-order valence-corrected chi connectivity index (χ0v) is 10.1. The summed E-state index contributed by atoms with van der Waals surface area (Å²) in [6.07, 6.45) is 0.906. The van der Waals surface area contributed by atoms with Gasteiger partial charge in [-0.25, -0.2) is 4.39 Å². The molecule has 1 aromatic rings. The number of aliphatic hydroxyl groups is 1. The molecule has 1 saturated heterocycles. The van der Waals surface area contributed by atoms with Crippen LogP contribution >= 0.6 is 0 Å². The topological polar surface area (TPSA) is 52.6 Å². The fourth-order valence-corrected chi connectivity index (χ4v) is 2.16. The van der Waals surface area contributed by atoms with Crippen LogP contribution in [0.25, 0.3) is 0 Å². The Kier molecular flexibility index (Phi) is 4.28. The third-order valence-corrected chi connectivity index (χ3v) is 3.14. The molecular weight excluding hydrogens is 235 g/mol. The lowest BCUT2D eigenvalue weighted by Gasteiger charge is -2.15. The van der Waals surface area contributed by atoms with Gasteiger partial charge >= 0.3 is 0 Å². The van der Waals surface area contributed by atoms with Gasteiger partial charge < -0.3 is 10.4 Å². The maximum atomic E-state index is 13.3. The number of amides is 1. The van der Waals surface area contributed by atoms with Crippen molar-refractivity contribution < 1.29 is 14.3 Å². The van der Waals surface area contributed by atoms with Crippen LogP contribution in [0.4, 0.5) is 10.1 Å². The number of halogens is 1. The van der Waals surface area contributed by atoms with Crippen LogP contribution in [0.1, 0.15) is 6.42 Å². The molecular formula is C13H17FN2O2. The molecule has 1 unspecified atom stereocenters. The third kappa shape index (κ3) is 3.27. The second-order valence-electron chi connectivity index (χ2n) is 4.60. The molecule has 0 aromatic heterocycles. The number of aliphatic hydroxyl groups excluding tert-OH is 1. The van der Waals surface area contributed by atoms with E-state index in [1.54, 1.807) is 12.1 Å². The highest BCUT2D eigenvalue weighted by molar-refractivity contribution is 5.92. The molecule has 18 heavy (non-hydrogen) atoms. The number of nitrogens with one attached hydrogen (secondary N) is 1. The van der Waals surface area contributed by atoms with E-state index in [4.69, 9.17) is 5.11 Å². The summed E-state index contributed by atoms with van der Waals surface area (Å²) in [6, 6.07) is 6.11. The summed E-state index contributed by atoms with van der Waals surface area (Å²) in [5, 5.41) is 11.6. The minimum absolute atomic E-state index is 0.158. The molecule has 2 rings (SSSR count). The number of hydrogen-bond donors (Lipinski definition) is 2. The first-order valence-corrected chi connectivity index (χ1v) is 6.06. The van der Waals surface area contributed by atoms with Crippen LogP contribution in [0.15, 0.2) is 24.3 Å². The van der Waals surface area contributed by atoms with Crippen LogP contribution in [0.3, 0.4) is 0 Å². The molecule has 0 bridgehead atoms. The van der Waals surface area contributed by atoms with Crippen molar-refractivity contribution in [1.82, 2.24) is 4.90 Å². The van der Waals surface area contributed by atoms with E-state index in [0.717, 1.165) is 19.5 Å². The molecule has 2 N–H and O–H groups in total. The average Bonchev–Trinajstić information content (AvgIpc) is 2.80. The van der Waals surface area contributed by atoms with Crippen molar-refractivity contribution in [2.75, 3.05) is 31.6 Å². The van der Waals surface area contributed by atoms with Crippen LogP contribution in [-0.4, -0.2) is 42.2 Å². The molecule has 1 atom stereocenters. The van der Waals surface area contributed by atoms with Crippen molar-refractivity contribution in [2.24, 2.45) is 5.92 Å². The first-order chi connectivity index (χ1) is 8.69. The largest absolute Gasteiger partial charge is 0.396 e. The number of nitrogens with zero attached hydrogens (tertiary/aromatic N) is 1. The standard InChI is InChI=1S/C13H17FN2O2/c14-11-3-1-2-4-12(11)15-13(18)8-16-6-5-10(7-16)9-17/h1-4,10,17H,5-9H2,(H,15,18). The predicted molar refractivity (Wildman–Crippen MR) is 66.7 cm³/mol. The summed E-state index contributed by atoms with van der Waals surface area (Å²) in [7, 11) is 0. The van der Waals surface area contributed by atoms with Gasteiger partial charge in [-0.05, 0) is 31.0 Å². The number of likely N-dealkylation sites (tertiary alicyclic amines) is 1. The quantitative estimate of drug-likeness (QED) is 0.843. The SMILES string of the molecule is O=C(CN1CCC(CO)C1)Nc1ccccc1F. The molecule has 1 aliphatic rings. The monoisotopic (exact) mass is 252 g/mol. The van der Waals surface area contributed by atoms with Crippen molar-refractivity contribution >= 4 is 11.6 Å². The molecule has 0 radical (unpaired) electrons. The molecule has 1 amide bonds. The summed E-state index contributed by atoms with van der Waals surface area (Å²) < 4.78 is 13.3. The smallest absolute Gasteiger partial charge is 0.238 e. The lowest BCUT2D eigenvalue weighted by Crippen LogP contribution is -2.32. The van der Waals surface area contributed by atoms with Gasteiger partial charge in [-0.15, -0.1) is 0 Å². The summed E-state index contributed by atoms with van der Waals surface area (Å²) in [5.41, 5.74) is 0.209. The summed E-state index contributed by atoms with van der Waals surface area (Å²) >= 11 is 0. The molecule has 0 aliphatic carbocycles. The van der Waals surface area contributed by atoms with Gasteiger partial charge in [0.25, 0.3) is 0 Å². The number of anilines is 1. The van der Waals surface area contributed by atoms with Crippen molar-refractivity contribution in [3.8, 4) is 0 Å². The van der Waals surface area contributed by atoms with Crippen LogP contribution in [0.2, 0.25) is 0 Å². The second kappa shape index (κ2) is 5.93. The Morgan fingerprint density at radius 3 is 2.94 bits per heavy atom. The van der Waals surface area contributed by atoms with E-state index < -0.39 is 5.82 Å². The minimum Gasteiger partial charge on any atom is -0.396 e. The van der Waals surface area contributed by atoms with E-state index in [9.17, 15) is 9.18 Å². The Morgan fingerprint density at radius 1 is 1.50 bits per heavy atom. The fraction of sp³-hybridized carbons (Fsp3) is 0.462. The number of rotatable bonds is 4. The Morgan fingerprint density at radius 2 is 2.28 bits per heavy atom. The summed E-state index contributed by atoms with van der Waals surface area (Å²) in [5.74, 6) is -0.398. The molecule has 0 spiro atoms. The van der Waals surface area contributed by atoms with Crippen LogP contribution in [0, 0.1) is 11.7 Å². The Bertz CT molecular complexity index is 425. The second-order valence-corrected chi connectivity index (χ2v) is 4.60. The molecule has 1 aromatic carbocycles. The lowest BCUT2D eigenvalue weighted by molar-refractivity contribution is -0.117. The Hall–Kier alpha value is -1.46. The molecule has 1 aliphatic heterocycles.